The lowest BCUT2D eigenvalue weighted by Gasteiger charge is -2.25. The van der Waals surface area contributed by atoms with Gasteiger partial charge in [0.1, 0.15) is 11.3 Å². The lowest BCUT2D eigenvalue weighted by Crippen LogP contribution is -2.36. The molecule has 2 rings (SSSR count). The van der Waals surface area contributed by atoms with Gasteiger partial charge in [-0.1, -0.05) is 15.9 Å². The van der Waals surface area contributed by atoms with E-state index in [-0.39, 0.29) is 5.97 Å². The third kappa shape index (κ3) is 3.23. The molecule has 0 radical (unpaired) electrons. The van der Waals surface area contributed by atoms with Crippen molar-refractivity contribution in [2.24, 2.45) is 0 Å². The number of hydrogen-bond donors (Lipinski definition) is 0. The maximum absolute atomic E-state index is 12.1. The van der Waals surface area contributed by atoms with Crippen LogP contribution in [0.4, 0.5) is 0 Å². The average molecular weight is 354 g/mol. The molecule has 1 aromatic heterocycles. The lowest BCUT2D eigenvalue weighted by molar-refractivity contribution is -0.151. The Morgan fingerprint density at radius 3 is 2.76 bits per heavy atom. The van der Waals surface area contributed by atoms with Gasteiger partial charge in [-0.2, -0.15) is 0 Å². The van der Waals surface area contributed by atoms with Crippen LogP contribution in [0.2, 0.25) is 0 Å². The van der Waals surface area contributed by atoms with Crippen LogP contribution < -0.4 is 4.74 Å². The molecule has 1 heterocycles. The number of carbonyl (C=O) groups excluding carboxylic acids is 1. The van der Waals surface area contributed by atoms with Gasteiger partial charge in [-0.25, -0.2) is 4.79 Å². The number of alkyl halides is 1. The predicted octanol–water partition coefficient (Wildman–Crippen LogP) is 3.71. The van der Waals surface area contributed by atoms with Crippen LogP contribution in [0.15, 0.2) is 30.5 Å². The first-order valence-electron chi connectivity index (χ1n) is 6.98. The molecule has 5 heteroatoms. The summed E-state index contributed by atoms with van der Waals surface area (Å²) < 4.78 is 12.7. The van der Waals surface area contributed by atoms with Crippen molar-refractivity contribution in [2.75, 3.05) is 18.5 Å². The molecule has 0 bridgehead atoms. The van der Waals surface area contributed by atoms with E-state index in [0.717, 1.165) is 22.0 Å². The van der Waals surface area contributed by atoms with E-state index < -0.39 is 5.54 Å². The number of halogens is 1. The van der Waals surface area contributed by atoms with Gasteiger partial charge in [-0.3, -0.25) is 0 Å². The molecule has 0 fully saturated rings. The Kier molecular flexibility index (Phi) is 4.93. The van der Waals surface area contributed by atoms with Gasteiger partial charge in [0.25, 0.3) is 0 Å². The standard InChI is InChI=1S/C16H20BrNO3/c1-4-20-15(19)16(2,3)18-9-7-12-11-13(21-10-8-17)5-6-14(12)18/h5-7,9,11H,4,8,10H2,1-3H3. The first-order valence-corrected chi connectivity index (χ1v) is 8.10. The molecular formula is C16H20BrNO3. The molecule has 0 saturated heterocycles. The molecule has 0 amide bonds. The average Bonchev–Trinajstić information content (AvgIpc) is 2.89. The summed E-state index contributed by atoms with van der Waals surface area (Å²) in [5, 5.41) is 1.83. The van der Waals surface area contributed by atoms with Crippen molar-refractivity contribution in [1.82, 2.24) is 4.57 Å². The van der Waals surface area contributed by atoms with E-state index in [1.807, 2.05) is 55.8 Å². The van der Waals surface area contributed by atoms with Gasteiger partial charge < -0.3 is 14.0 Å². The number of carbonyl (C=O) groups is 1. The molecule has 0 spiro atoms. The summed E-state index contributed by atoms with van der Waals surface area (Å²) in [6.07, 6.45) is 1.91. The highest BCUT2D eigenvalue weighted by Crippen LogP contribution is 2.28. The largest absolute Gasteiger partial charge is 0.493 e. The number of fused-ring (bicyclic) bond motifs is 1. The second-order valence-corrected chi connectivity index (χ2v) is 6.02. The second-order valence-electron chi connectivity index (χ2n) is 5.22. The monoisotopic (exact) mass is 353 g/mol. The van der Waals surface area contributed by atoms with E-state index in [4.69, 9.17) is 9.47 Å². The summed E-state index contributed by atoms with van der Waals surface area (Å²) in [5.41, 5.74) is 0.245. The molecule has 0 aliphatic rings. The minimum absolute atomic E-state index is 0.234. The first-order chi connectivity index (χ1) is 10.0. The number of benzene rings is 1. The van der Waals surface area contributed by atoms with Crippen molar-refractivity contribution in [1.29, 1.82) is 0 Å². The van der Waals surface area contributed by atoms with Crippen LogP contribution in [0.5, 0.6) is 5.75 Å². The van der Waals surface area contributed by atoms with E-state index in [1.165, 1.54) is 0 Å². The molecular weight excluding hydrogens is 334 g/mol. The van der Waals surface area contributed by atoms with Crippen molar-refractivity contribution in [3.63, 3.8) is 0 Å². The number of ether oxygens (including phenoxy) is 2. The molecule has 0 unspecified atom stereocenters. The van der Waals surface area contributed by atoms with Crippen LogP contribution in [0.3, 0.4) is 0 Å². The summed E-state index contributed by atoms with van der Waals surface area (Å²) in [6.45, 7) is 6.54. The molecule has 0 aliphatic carbocycles. The molecule has 0 saturated carbocycles. The van der Waals surface area contributed by atoms with Gasteiger partial charge in [0.15, 0.2) is 0 Å². The lowest BCUT2D eigenvalue weighted by atomic mass is 10.1. The highest BCUT2D eigenvalue weighted by molar-refractivity contribution is 9.09. The van der Waals surface area contributed by atoms with Crippen molar-refractivity contribution in [2.45, 2.75) is 26.3 Å². The molecule has 114 valence electrons. The van der Waals surface area contributed by atoms with E-state index in [1.54, 1.807) is 0 Å². The summed E-state index contributed by atoms with van der Waals surface area (Å²) in [4.78, 5) is 12.1. The van der Waals surface area contributed by atoms with Gasteiger partial charge in [0.2, 0.25) is 0 Å². The number of hydrogen-bond acceptors (Lipinski definition) is 3. The zero-order chi connectivity index (χ0) is 15.5. The second kappa shape index (κ2) is 6.52. The minimum atomic E-state index is -0.740. The van der Waals surface area contributed by atoms with Gasteiger partial charge in [0, 0.05) is 22.4 Å². The van der Waals surface area contributed by atoms with Gasteiger partial charge in [-0.05, 0) is 45.0 Å². The zero-order valence-corrected chi connectivity index (χ0v) is 14.1. The van der Waals surface area contributed by atoms with Crippen molar-refractivity contribution < 1.29 is 14.3 Å². The normalized spacial score (nSPS) is 11.6. The SMILES string of the molecule is CCOC(=O)C(C)(C)n1ccc2cc(OCCBr)ccc21. The Balaban J connectivity index is 2.36. The van der Waals surface area contributed by atoms with E-state index in [9.17, 15) is 4.79 Å². The van der Waals surface area contributed by atoms with Crippen LogP contribution in [-0.4, -0.2) is 29.1 Å². The van der Waals surface area contributed by atoms with Crippen LogP contribution in [-0.2, 0) is 15.1 Å². The molecule has 0 N–H and O–H groups in total. The molecule has 2 aromatic rings. The van der Waals surface area contributed by atoms with Crippen LogP contribution >= 0.6 is 15.9 Å². The Morgan fingerprint density at radius 2 is 2.10 bits per heavy atom. The summed E-state index contributed by atoms with van der Waals surface area (Å²) in [7, 11) is 0. The highest BCUT2D eigenvalue weighted by Gasteiger charge is 2.31. The Morgan fingerprint density at radius 1 is 1.33 bits per heavy atom. The van der Waals surface area contributed by atoms with Gasteiger partial charge in [-0.15, -0.1) is 0 Å². The maximum Gasteiger partial charge on any atom is 0.331 e. The van der Waals surface area contributed by atoms with Gasteiger partial charge in [0.05, 0.1) is 13.2 Å². The Labute approximate surface area is 133 Å². The van der Waals surface area contributed by atoms with Crippen molar-refractivity contribution in [3.8, 4) is 5.75 Å². The Hall–Kier alpha value is -1.49. The van der Waals surface area contributed by atoms with E-state index in [2.05, 4.69) is 15.9 Å². The number of esters is 1. The molecule has 0 atom stereocenters. The fraction of sp³-hybridized carbons (Fsp3) is 0.438. The smallest absolute Gasteiger partial charge is 0.331 e. The number of nitrogens with zero attached hydrogens (tertiary/aromatic N) is 1. The fourth-order valence-electron chi connectivity index (χ4n) is 2.26. The van der Waals surface area contributed by atoms with E-state index >= 15 is 0 Å². The highest BCUT2D eigenvalue weighted by atomic mass is 79.9. The molecule has 0 aliphatic heterocycles. The quantitative estimate of drug-likeness (QED) is 0.587. The Bertz CT molecular complexity index is 633. The first kappa shape index (κ1) is 15.9. The van der Waals surface area contributed by atoms with Crippen molar-refractivity contribution >= 4 is 32.8 Å². The van der Waals surface area contributed by atoms with Crippen molar-refractivity contribution in [3.05, 3.63) is 30.5 Å². The summed E-state index contributed by atoms with van der Waals surface area (Å²) in [5.74, 6) is 0.593. The van der Waals surface area contributed by atoms with Crippen LogP contribution in [0.1, 0.15) is 20.8 Å². The maximum atomic E-state index is 12.1. The number of rotatable bonds is 6. The third-order valence-corrected chi connectivity index (χ3v) is 3.71. The minimum Gasteiger partial charge on any atom is -0.493 e. The fourth-order valence-corrected chi connectivity index (χ4v) is 2.42. The summed E-state index contributed by atoms with van der Waals surface area (Å²) >= 11 is 3.34. The molecule has 1 aromatic carbocycles. The number of aromatic nitrogens is 1. The zero-order valence-electron chi connectivity index (χ0n) is 12.6. The molecule has 21 heavy (non-hydrogen) atoms. The van der Waals surface area contributed by atoms with Crippen LogP contribution in [0.25, 0.3) is 10.9 Å². The van der Waals surface area contributed by atoms with Gasteiger partial charge >= 0.3 is 5.97 Å². The predicted molar refractivity (Wildman–Crippen MR) is 87.2 cm³/mol. The molecule has 4 nitrogen and oxygen atoms in total. The van der Waals surface area contributed by atoms with E-state index in [0.29, 0.717) is 13.2 Å². The topological polar surface area (TPSA) is 40.5 Å². The summed E-state index contributed by atoms with van der Waals surface area (Å²) in [6, 6.07) is 7.86. The third-order valence-electron chi connectivity index (χ3n) is 3.38. The van der Waals surface area contributed by atoms with Crippen LogP contribution in [0, 0.1) is 0 Å².